The van der Waals surface area contributed by atoms with Gasteiger partial charge in [-0.1, -0.05) is 31.5 Å². The van der Waals surface area contributed by atoms with Gasteiger partial charge in [0.25, 0.3) is 0 Å². The smallest absolute Gasteiger partial charge is 0.305 e. The number of nitrogens with zero attached hydrogens (tertiary/aromatic N) is 1. The number of benzene rings is 1. The Hall–Kier alpha value is -1.88. The minimum Gasteiger partial charge on any atom is -0.469 e. The predicted octanol–water partition coefficient (Wildman–Crippen LogP) is 2.95. The van der Waals surface area contributed by atoms with Gasteiger partial charge < -0.3 is 10.1 Å². The first-order chi connectivity index (χ1) is 12.6. The summed E-state index contributed by atoms with van der Waals surface area (Å²) in [6.45, 7) is 4.25. The SMILES string of the molecule is CC[C@H]1CN2CC[C@]3(C(=O)Nc4ccccc43)[C@@H]2C[C@@H]1CCC(=O)OC. The average molecular weight is 356 g/mol. The zero-order valence-electron chi connectivity index (χ0n) is 15.7. The summed E-state index contributed by atoms with van der Waals surface area (Å²) in [6.07, 6.45) is 4.32. The van der Waals surface area contributed by atoms with Gasteiger partial charge in [-0.25, -0.2) is 0 Å². The summed E-state index contributed by atoms with van der Waals surface area (Å²) >= 11 is 0. The van der Waals surface area contributed by atoms with Crippen molar-refractivity contribution in [1.82, 2.24) is 4.90 Å². The first-order valence-corrected chi connectivity index (χ1v) is 9.82. The summed E-state index contributed by atoms with van der Waals surface area (Å²) in [6, 6.07) is 8.38. The van der Waals surface area contributed by atoms with E-state index in [1.807, 2.05) is 18.2 Å². The Morgan fingerprint density at radius 3 is 2.92 bits per heavy atom. The molecule has 0 radical (unpaired) electrons. The van der Waals surface area contributed by atoms with Crippen LogP contribution >= 0.6 is 0 Å². The first-order valence-electron chi connectivity index (χ1n) is 9.82. The molecule has 1 aromatic carbocycles. The zero-order chi connectivity index (χ0) is 18.3. The van der Waals surface area contributed by atoms with Crippen LogP contribution in [0.5, 0.6) is 0 Å². The van der Waals surface area contributed by atoms with E-state index in [2.05, 4.69) is 23.2 Å². The summed E-state index contributed by atoms with van der Waals surface area (Å²) in [5, 5.41) is 3.12. The third-order valence-electron chi connectivity index (χ3n) is 7.00. The van der Waals surface area contributed by atoms with E-state index in [9.17, 15) is 9.59 Å². The van der Waals surface area contributed by atoms with Crippen molar-refractivity contribution in [3.05, 3.63) is 29.8 Å². The van der Waals surface area contributed by atoms with Gasteiger partial charge in [0.15, 0.2) is 0 Å². The van der Waals surface area contributed by atoms with Crippen molar-refractivity contribution in [2.75, 3.05) is 25.5 Å². The van der Waals surface area contributed by atoms with Crippen molar-refractivity contribution in [2.45, 2.75) is 50.5 Å². The van der Waals surface area contributed by atoms with Gasteiger partial charge in [-0.3, -0.25) is 14.5 Å². The van der Waals surface area contributed by atoms with Crippen LogP contribution in [0.25, 0.3) is 0 Å². The van der Waals surface area contributed by atoms with E-state index in [4.69, 9.17) is 4.74 Å². The number of para-hydroxylation sites is 1. The second-order valence-corrected chi connectivity index (χ2v) is 8.01. The predicted molar refractivity (Wildman–Crippen MR) is 99.9 cm³/mol. The number of nitrogens with one attached hydrogen (secondary N) is 1. The van der Waals surface area contributed by atoms with Crippen LogP contribution < -0.4 is 5.32 Å². The van der Waals surface area contributed by atoms with Crippen LogP contribution in [0.2, 0.25) is 0 Å². The maximum Gasteiger partial charge on any atom is 0.305 e. The average Bonchev–Trinajstić information content (AvgIpc) is 3.18. The molecule has 3 aliphatic rings. The minimum absolute atomic E-state index is 0.132. The molecule has 1 spiro atoms. The molecule has 0 aliphatic carbocycles. The highest BCUT2D eigenvalue weighted by Crippen LogP contribution is 2.52. The topological polar surface area (TPSA) is 58.6 Å². The number of fused-ring (bicyclic) bond motifs is 4. The van der Waals surface area contributed by atoms with Gasteiger partial charge in [0.05, 0.1) is 12.5 Å². The molecule has 4 atom stereocenters. The highest BCUT2D eigenvalue weighted by molar-refractivity contribution is 6.07. The number of carbonyl (C=O) groups excluding carboxylic acids is 2. The molecule has 0 bridgehead atoms. The lowest BCUT2D eigenvalue weighted by Crippen LogP contribution is -2.53. The second kappa shape index (κ2) is 6.69. The highest BCUT2D eigenvalue weighted by Gasteiger charge is 2.59. The number of methoxy groups -OCH3 is 1. The molecule has 3 heterocycles. The molecule has 0 aromatic heterocycles. The van der Waals surface area contributed by atoms with Gasteiger partial charge in [0, 0.05) is 24.7 Å². The van der Waals surface area contributed by atoms with Crippen LogP contribution in [-0.2, 0) is 19.7 Å². The molecule has 4 rings (SSSR count). The molecule has 0 saturated carbocycles. The van der Waals surface area contributed by atoms with Crippen LogP contribution in [-0.4, -0.2) is 43.0 Å². The number of rotatable bonds is 4. The molecule has 140 valence electrons. The fourth-order valence-electron chi connectivity index (χ4n) is 5.59. The van der Waals surface area contributed by atoms with Crippen molar-refractivity contribution in [1.29, 1.82) is 0 Å². The van der Waals surface area contributed by atoms with Crippen molar-refractivity contribution in [3.8, 4) is 0 Å². The van der Waals surface area contributed by atoms with E-state index in [1.54, 1.807) is 0 Å². The van der Waals surface area contributed by atoms with Crippen LogP contribution in [0.15, 0.2) is 24.3 Å². The van der Waals surface area contributed by atoms with Crippen LogP contribution in [0.1, 0.15) is 44.6 Å². The summed E-state index contributed by atoms with van der Waals surface area (Å²) < 4.78 is 4.84. The number of esters is 1. The van der Waals surface area contributed by atoms with Crippen LogP contribution in [0.4, 0.5) is 5.69 Å². The Labute approximate surface area is 155 Å². The van der Waals surface area contributed by atoms with Crippen LogP contribution in [0, 0.1) is 11.8 Å². The van der Waals surface area contributed by atoms with Gasteiger partial charge in [-0.2, -0.15) is 0 Å². The fourth-order valence-corrected chi connectivity index (χ4v) is 5.59. The number of hydrogen-bond donors (Lipinski definition) is 1. The first kappa shape index (κ1) is 17.5. The van der Waals surface area contributed by atoms with E-state index >= 15 is 0 Å². The van der Waals surface area contributed by atoms with Crippen molar-refractivity contribution in [2.24, 2.45) is 11.8 Å². The molecule has 1 amide bonds. The summed E-state index contributed by atoms with van der Waals surface area (Å²) in [5.74, 6) is 1.09. The van der Waals surface area contributed by atoms with E-state index in [0.717, 1.165) is 44.5 Å². The van der Waals surface area contributed by atoms with Crippen molar-refractivity contribution in [3.63, 3.8) is 0 Å². The molecule has 5 heteroatoms. The molecule has 26 heavy (non-hydrogen) atoms. The standard InChI is InChI=1S/C21H28N2O3/c1-3-14-13-23-11-10-21(16-6-4-5-7-17(16)22-20(21)25)18(23)12-15(14)8-9-19(24)26-2/h4-7,14-15,18H,3,8-13H2,1-2H3,(H,22,25)/t14-,15-,18-,21+/m0/s1. The third-order valence-corrected chi connectivity index (χ3v) is 7.00. The Morgan fingerprint density at radius 1 is 1.35 bits per heavy atom. The molecule has 0 unspecified atom stereocenters. The fraction of sp³-hybridized carbons (Fsp3) is 0.619. The number of anilines is 1. The Bertz CT molecular complexity index is 719. The van der Waals surface area contributed by atoms with Crippen molar-refractivity contribution < 1.29 is 14.3 Å². The number of ether oxygens (including phenoxy) is 1. The third kappa shape index (κ3) is 2.56. The van der Waals surface area contributed by atoms with Gasteiger partial charge in [0.1, 0.15) is 0 Å². The van der Waals surface area contributed by atoms with Crippen LogP contribution in [0.3, 0.4) is 0 Å². The maximum absolute atomic E-state index is 13.1. The second-order valence-electron chi connectivity index (χ2n) is 8.01. The maximum atomic E-state index is 13.1. The molecule has 2 fully saturated rings. The van der Waals surface area contributed by atoms with Gasteiger partial charge in [-0.05, 0) is 49.3 Å². The number of piperidine rings is 1. The molecule has 5 nitrogen and oxygen atoms in total. The molecule has 2 saturated heterocycles. The van der Waals surface area contributed by atoms with E-state index in [-0.39, 0.29) is 17.9 Å². The van der Waals surface area contributed by atoms with Gasteiger partial charge in [-0.15, -0.1) is 0 Å². The summed E-state index contributed by atoms with van der Waals surface area (Å²) in [5.41, 5.74) is 1.72. The zero-order valence-corrected chi connectivity index (χ0v) is 15.7. The van der Waals surface area contributed by atoms with E-state index in [1.165, 1.54) is 12.7 Å². The van der Waals surface area contributed by atoms with E-state index < -0.39 is 5.41 Å². The molecular formula is C21H28N2O3. The Morgan fingerprint density at radius 2 is 2.15 bits per heavy atom. The summed E-state index contributed by atoms with van der Waals surface area (Å²) in [4.78, 5) is 27.2. The van der Waals surface area contributed by atoms with Gasteiger partial charge >= 0.3 is 5.97 Å². The lowest BCUT2D eigenvalue weighted by Gasteiger charge is -2.44. The molecular weight excluding hydrogens is 328 g/mol. The number of amides is 1. The summed E-state index contributed by atoms with van der Waals surface area (Å²) in [7, 11) is 1.45. The largest absolute Gasteiger partial charge is 0.469 e. The van der Waals surface area contributed by atoms with Crippen molar-refractivity contribution >= 4 is 17.6 Å². The Balaban J connectivity index is 1.62. The van der Waals surface area contributed by atoms with E-state index in [0.29, 0.717) is 18.3 Å². The monoisotopic (exact) mass is 356 g/mol. The van der Waals surface area contributed by atoms with Gasteiger partial charge in [0.2, 0.25) is 5.91 Å². The number of carbonyl (C=O) groups is 2. The molecule has 1 aromatic rings. The highest BCUT2D eigenvalue weighted by atomic mass is 16.5. The normalized spacial score (nSPS) is 33.0. The lowest BCUT2D eigenvalue weighted by molar-refractivity contribution is -0.141. The molecule has 1 N–H and O–H groups in total. The molecule has 3 aliphatic heterocycles. The number of hydrogen-bond acceptors (Lipinski definition) is 4. The Kier molecular flexibility index (Phi) is 4.51. The minimum atomic E-state index is -0.418. The quantitative estimate of drug-likeness (QED) is 0.843. The lowest BCUT2D eigenvalue weighted by atomic mass is 9.68.